The van der Waals surface area contributed by atoms with Gasteiger partial charge >= 0.3 is 0 Å². The summed E-state index contributed by atoms with van der Waals surface area (Å²) in [6.07, 6.45) is 6.76. The Hall–Kier alpha value is -0.610. The molecule has 4 heteroatoms. The molecular weight excluding hydrogens is 240 g/mol. The molecule has 1 rings (SSSR count). The van der Waals surface area contributed by atoms with E-state index in [2.05, 4.69) is 10.2 Å². The third kappa shape index (κ3) is 9.91. The van der Waals surface area contributed by atoms with Crippen molar-refractivity contribution >= 4 is 5.91 Å². The van der Waals surface area contributed by atoms with Gasteiger partial charge in [0.1, 0.15) is 0 Å². The molecule has 0 bridgehead atoms. The van der Waals surface area contributed by atoms with Gasteiger partial charge in [0.15, 0.2) is 0 Å². The standard InChI is InChI=1S/C13H26N2O2.C2H6/c1-15(10-12-6-4-3-5-7-12)11-13(16)14-8-9-17-2;1-2/h12H,3-11H2,1-2H3,(H,14,16);1-2H3. The second-order valence-electron chi connectivity index (χ2n) is 5.04. The van der Waals surface area contributed by atoms with Crippen molar-refractivity contribution < 1.29 is 9.53 Å². The van der Waals surface area contributed by atoms with Crippen LogP contribution >= 0.6 is 0 Å². The van der Waals surface area contributed by atoms with Gasteiger partial charge in [0.2, 0.25) is 5.91 Å². The third-order valence-electron chi connectivity index (χ3n) is 3.34. The Balaban J connectivity index is 0.00000154. The molecule has 1 aliphatic rings. The van der Waals surface area contributed by atoms with Crippen molar-refractivity contribution in [1.82, 2.24) is 10.2 Å². The molecule has 0 aromatic heterocycles. The normalized spacial score (nSPS) is 15.8. The van der Waals surface area contributed by atoms with E-state index in [1.165, 1.54) is 32.1 Å². The Kier molecular flexibility index (Phi) is 12.0. The van der Waals surface area contributed by atoms with Crippen molar-refractivity contribution in [2.45, 2.75) is 46.0 Å². The fourth-order valence-corrected chi connectivity index (χ4v) is 2.47. The number of rotatable bonds is 7. The first-order valence-corrected chi connectivity index (χ1v) is 7.66. The highest BCUT2D eigenvalue weighted by Gasteiger charge is 2.16. The van der Waals surface area contributed by atoms with Crippen LogP contribution in [0.25, 0.3) is 0 Å². The second kappa shape index (κ2) is 12.4. The van der Waals surface area contributed by atoms with E-state index in [9.17, 15) is 4.79 Å². The zero-order chi connectivity index (χ0) is 14.5. The molecule has 0 heterocycles. The van der Waals surface area contributed by atoms with E-state index in [0.717, 1.165) is 12.5 Å². The number of amides is 1. The number of hydrogen-bond donors (Lipinski definition) is 1. The molecule has 1 fully saturated rings. The fourth-order valence-electron chi connectivity index (χ4n) is 2.47. The smallest absolute Gasteiger partial charge is 0.234 e. The van der Waals surface area contributed by atoms with Crippen molar-refractivity contribution in [3.05, 3.63) is 0 Å². The maximum atomic E-state index is 11.6. The summed E-state index contributed by atoms with van der Waals surface area (Å²) < 4.78 is 4.89. The van der Waals surface area contributed by atoms with Crippen LogP contribution in [0, 0.1) is 5.92 Å². The molecular formula is C15H32N2O2. The Morgan fingerprint density at radius 3 is 2.47 bits per heavy atom. The summed E-state index contributed by atoms with van der Waals surface area (Å²) in [6, 6.07) is 0. The molecule has 0 aromatic carbocycles. The van der Waals surface area contributed by atoms with E-state index in [1.54, 1.807) is 7.11 Å². The van der Waals surface area contributed by atoms with Crippen LogP contribution in [-0.2, 0) is 9.53 Å². The number of carbonyl (C=O) groups is 1. The maximum absolute atomic E-state index is 11.6. The van der Waals surface area contributed by atoms with Gasteiger partial charge in [0, 0.05) is 20.2 Å². The van der Waals surface area contributed by atoms with E-state index < -0.39 is 0 Å². The molecule has 114 valence electrons. The van der Waals surface area contributed by atoms with Gasteiger partial charge in [-0.25, -0.2) is 0 Å². The summed E-state index contributed by atoms with van der Waals surface area (Å²) in [7, 11) is 3.67. The molecule has 1 amide bonds. The predicted molar refractivity (Wildman–Crippen MR) is 80.3 cm³/mol. The Bertz CT molecular complexity index is 216. The molecule has 1 N–H and O–H groups in total. The van der Waals surface area contributed by atoms with E-state index in [4.69, 9.17) is 4.74 Å². The van der Waals surface area contributed by atoms with Crippen LogP contribution in [0.1, 0.15) is 46.0 Å². The summed E-state index contributed by atoms with van der Waals surface area (Å²) in [4.78, 5) is 13.7. The molecule has 0 radical (unpaired) electrons. The van der Waals surface area contributed by atoms with Crippen molar-refractivity contribution in [1.29, 1.82) is 0 Å². The van der Waals surface area contributed by atoms with E-state index >= 15 is 0 Å². The van der Waals surface area contributed by atoms with Crippen LogP contribution in [0.4, 0.5) is 0 Å². The van der Waals surface area contributed by atoms with Crippen molar-refractivity contribution in [3.8, 4) is 0 Å². The minimum Gasteiger partial charge on any atom is -0.383 e. The van der Waals surface area contributed by atoms with Gasteiger partial charge < -0.3 is 10.1 Å². The molecule has 0 atom stereocenters. The number of hydrogen-bond acceptors (Lipinski definition) is 3. The number of carbonyl (C=O) groups excluding carboxylic acids is 1. The minimum atomic E-state index is 0.0976. The van der Waals surface area contributed by atoms with Crippen LogP contribution in [-0.4, -0.2) is 51.2 Å². The first-order chi connectivity index (χ1) is 9.22. The number of likely N-dealkylation sites (N-methyl/N-ethyl adjacent to an activating group) is 1. The van der Waals surface area contributed by atoms with Crippen LogP contribution in [0.3, 0.4) is 0 Å². The predicted octanol–water partition coefficient (Wildman–Crippen LogP) is 2.29. The van der Waals surface area contributed by atoms with Crippen LogP contribution in [0.15, 0.2) is 0 Å². The lowest BCUT2D eigenvalue weighted by Gasteiger charge is -2.26. The Labute approximate surface area is 118 Å². The fraction of sp³-hybridized carbons (Fsp3) is 0.933. The summed E-state index contributed by atoms with van der Waals surface area (Å²) in [6.45, 7) is 6.74. The number of methoxy groups -OCH3 is 1. The summed E-state index contributed by atoms with van der Waals surface area (Å²) >= 11 is 0. The summed E-state index contributed by atoms with van der Waals surface area (Å²) in [5.41, 5.74) is 0. The summed E-state index contributed by atoms with van der Waals surface area (Å²) in [5.74, 6) is 0.890. The molecule has 1 aliphatic carbocycles. The zero-order valence-corrected chi connectivity index (χ0v) is 13.2. The Morgan fingerprint density at radius 2 is 1.89 bits per heavy atom. The number of nitrogens with one attached hydrogen (secondary N) is 1. The molecule has 0 saturated heterocycles. The van der Waals surface area contributed by atoms with Gasteiger partial charge in [0.25, 0.3) is 0 Å². The maximum Gasteiger partial charge on any atom is 0.234 e. The highest BCUT2D eigenvalue weighted by molar-refractivity contribution is 5.77. The first-order valence-electron chi connectivity index (χ1n) is 7.66. The highest BCUT2D eigenvalue weighted by atomic mass is 16.5. The SMILES string of the molecule is CC.COCCNC(=O)CN(C)CC1CCCCC1. The van der Waals surface area contributed by atoms with Gasteiger partial charge in [-0.1, -0.05) is 33.1 Å². The molecule has 4 nitrogen and oxygen atoms in total. The average molecular weight is 272 g/mol. The van der Waals surface area contributed by atoms with E-state index in [-0.39, 0.29) is 5.91 Å². The lowest BCUT2D eigenvalue weighted by atomic mass is 9.89. The van der Waals surface area contributed by atoms with Crippen LogP contribution < -0.4 is 5.32 Å². The lowest BCUT2D eigenvalue weighted by Crippen LogP contribution is -2.38. The van der Waals surface area contributed by atoms with Crippen molar-refractivity contribution in [3.63, 3.8) is 0 Å². The molecule has 0 aromatic rings. The largest absolute Gasteiger partial charge is 0.383 e. The van der Waals surface area contributed by atoms with Gasteiger partial charge in [-0.3, -0.25) is 9.69 Å². The average Bonchev–Trinajstić information content (AvgIpc) is 2.42. The minimum absolute atomic E-state index is 0.0976. The molecule has 0 unspecified atom stereocenters. The highest BCUT2D eigenvalue weighted by Crippen LogP contribution is 2.23. The van der Waals surface area contributed by atoms with Gasteiger partial charge in [-0.2, -0.15) is 0 Å². The molecule has 19 heavy (non-hydrogen) atoms. The summed E-state index contributed by atoms with van der Waals surface area (Å²) in [5, 5.41) is 2.85. The molecule has 1 saturated carbocycles. The molecule has 0 spiro atoms. The van der Waals surface area contributed by atoms with Crippen LogP contribution in [0.5, 0.6) is 0 Å². The quantitative estimate of drug-likeness (QED) is 0.723. The Morgan fingerprint density at radius 1 is 1.26 bits per heavy atom. The first kappa shape index (κ1) is 18.4. The van der Waals surface area contributed by atoms with Gasteiger partial charge in [0.05, 0.1) is 13.2 Å². The van der Waals surface area contributed by atoms with Crippen molar-refractivity contribution in [2.24, 2.45) is 5.92 Å². The van der Waals surface area contributed by atoms with Gasteiger partial charge in [-0.05, 0) is 25.8 Å². The second-order valence-corrected chi connectivity index (χ2v) is 5.04. The zero-order valence-electron chi connectivity index (χ0n) is 13.2. The third-order valence-corrected chi connectivity index (χ3v) is 3.34. The topological polar surface area (TPSA) is 41.6 Å². The molecule has 0 aliphatic heterocycles. The van der Waals surface area contributed by atoms with E-state index in [0.29, 0.717) is 19.7 Å². The van der Waals surface area contributed by atoms with Gasteiger partial charge in [-0.15, -0.1) is 0 Å². The van der Waals surface area contributed by atoms with Crippen molar-refractivity contribution in [2.75, 3.05) is 40.4 Å². The van der Waals surface area contributed by atoms with Crippen LogP contribution in [0.2, 0.25) is 0 Å². The van der Waals surface area contributed by atoms with E-state index in [1.807, 2.05) is 20.9 Å². The number of nitrogens with zero attached hydrogens (tertiary/aromatic N) is 1. The lowest BCUT2D eigenvalue weighted by molar-refractivity contribution is -0.122. The monoisotopic (exact) mass is 272 g/mol. The number of ether oxygens (including phenoxy) is 1.